The molecule has 2 N–H and O–H groups in total. The Morgan fingerprint density at radius 2 is 1.14 bits per heavy atom. The molecule has 0 saturated heterocycles. The highest BCUT2D eigenvalue weighted by molar-refractivity contribution is 5.55. The van der Waals surface area contributed by atoms with Gasteiger partial charge in [0, 0.05) is 12.1 Å². The van der Waals surface area contributed by atoms with Crippen molar-refractivity contribution < 1.29 is 19.7 Å². The quantitative estimate of drug-likeness (QED) is 0.833. The van der Waals surface area contributed by atoms with Crippen molar-refractivity contribution in [3.63, 3.8) is 0 Å². The Hall–Kier alpha value is -3.16. The van der Waals surface area contributed by atoms with Crippen molar-refractivity contribution in [3.05, 3.63) is 46.2 Å². The van der Waals surface area contributed by atoms with Gasteiger partial charge in [-0.3, -0.25) is 0 Å². The average molecular weight is 306 g/mol. The first-order chi connectivity index (χ1) is 10.5. The van der Waals surface area contributed by atoms with Crippen LogP contribution < -0.4 is 9.47 Å². The maximum atomic E-state index is 10.1. The Morgan fingerprint density at radius 1 is 0.773 bits per heavy atom. The number of phenolic OH excluding ortho intramolecular Hbond substituents is 2. The van der Waals surface area contributed by atoms with Gasteiger partial charge in [0.1, 0.15) is 22.9 Å². The molecule has 0 aliphatic carbocycles. The van der Waals surface area contributed by atoms with Crippen molar-refractivity contribution in [3.8, 4) is 23.0 Å². The van der Waals surface area contributed by atoms with Crippen LogP contribution in [0.2, 0.25) is 0 Å². The average Bonchev–Trinajstić information content (AvgIpc) is 2.55. The van der Waals surface area contributed by atoms with Crippen LogP contribution in [0.15, 0.2) is 46.8 Å². The summed E-state index contributed by atoms with van der Waals surface area (Å²) in [5, 5.41) is 23.3. The van der Waals surface area contributed by atoms with E-state index in [1.807, 2.05) is 0 Å². The topological polar surface area (TPSA) is 118 Å². The summed E-state index contributed by atoms with van der Waals surface area (Å²) in [6.45, 7) is 0. The molecule has 0 saturated carbocycles. The van der Waals surface area contributed by atoms with Crippen LogP contribution in [0.3, 0.4) is 0 Å². The van der Waals surface area contributed by atoms with Crippen LogP contribution >= 0.6 is 0 Å². The Kier molecular flexibility index (Phi) is 6.30. The number of ether oxygens (including phenoxy) is 2. The number of methoxy groups -OCH3 is 2. The van der Waals surface area contributed by atoms with Crippen molar-refractivity contribution in [1.82, 2.24) is 0 Å². The van der Waals surface area contributed by atoms with Gasteiger partial charge < -0.3 is 19.7 Å². The maximum Gasteiger partial charge on any atom is 0.151 e. The van der Waals surface area contributed by atoms with Crippen LogP contribution in [-0.2, 0) is 0 Å². The normalized spacial score (nSPS) is 9.18. The van der Waals surface area contributed by atoms with Gasteiger partial charge in [0.25, 0.3) is 0 Å². The molecule has 116 valence electrons. The lowest BCUT2D eigenvalue weighted by atomic mass is 10.3. The van der Waals surface area contributed by atoms with Crippen molar-refractivity contribution >= 4 is 11.4 Å². The summed E-state index contributed by atoms with van der Waals surface area (Å²) in [7, 11) is 2.81. The van der Waals surface area contributed by atoms with Crippen molar-refractivity contribution in [2.24, 2.45) is 10.4 Å². The number of benzene rings is 2. The van der Waals surface area contributed by atoms with E-state index in [2.05, 4.69) is 10.4 Å². The molecule has 0 fully saturated rings. The molecular weight excluding hydrogens is 292 g/mol. The fourth-order valence-electron chi connectivity index (χ4n) is 1.48. The third-order valence-electron chi connectivity index (χ3n) is 2.52. The van der Waals surface area contributed by atoms with Crippen molar-refractivity contribution in [2.75, 3.05) is 14.2 Å². The molecule has 8 heteroatoms. The highest BCUT2D eigenvalue weighted by Gasteiger charge is 2.03. The zero-order chi connectivity index (χ0) is 16.5. The minimum absolute atomic E-state index is 0.0502. The Morgan fingerprint density at radius 3 is 1.41 bits per heavy atom. The van der Waals surface area contributed by atoms with Gasteiger partial charge in [-0.1, -0.05) is 0 Å². The van der Waals surface area contributed by atoms with Crippen molar-refractivity contribution in [2.45, 2.75) is 0 Å². The zero-order valence-corrected chi connectivity index (χ0v) is 11.9. The lowest BCUT2D eigenvalue weighted by Crippen LogP contribution is -1.81. The SMILES string of the molecule is COc1cc(O)ccc1N=O.COc1cc(O)ccc1N=O. The first-order valence-electron chi connectivity index (χ1n) is 5.96. The minimum atomic E-state index is 0.0502. The molecule has 2 aromatic rings. The molecule has 0 aliphatic heterocycles. The zero-order valence-electron chi connectivity index (χ0n) is 11.9. The third kappa shape index (κ3) is 4.44. The smallest absolute Gasteiger partial charge is 0.151 e. The second-order valence-corrected chi connectivity index (χ2v) is 3.89. The van der Waals surface area contributed by atoms with E-state index in [-0.39, 0.29) is 34.4 Å². The molecule has 0 unspecified atom stereocenters. The van der Waals surface area contributed by atoms with E-state index in [0.29, 0.717) is 0 Å². The van der Waals surface area contributed by atoms with Crippen LogP contribution in [0.25, 0.3) is 0 Å². The van der Waals surface area contributed by atoms with Crippen LogP contribution in [0, 0.1) is 9.81 Å². The van der Waals surface area contributed by atoms with Crippen LogP contribution in [0.1, 0.15) is 0 Å². The van der Waals surface area contributed by atoms with E-state index in [1.54, 1.807) is 0 Å². The van der Waals surface area contributed by atoms with Crippen LogP contribution in [0.5, 0.6) is 23.0 Å². The Labute approximate surface area is 125 Å². The van der Waals surface area contributed by atoms with Crippen molar-refractivity contribution in [1.29, 1.82) is 0 Å². The molecule has 0 bridgehead atoms. The van der Waals surface area contributed by atoms with Gasteiger partial charge >= 0.3 is 0 Å². The molecular formula is C14H14N2O6. The van der Waals surface area contributed by atoms with Gasteiger partial charge in [0.15, 0.2) is 11.5 Å². The number of nitroso groups, excluding NO2 is 2. The molecule has 0 aliphatic rings. The Bertz CT molecular complexity index is 602. The highest BCUT2D eigenvalue weighted by atomic mass is 16.5. The summed E-state index contributed by atoms with van der Waals surface area (Å²) in [5.74, 6) is 0.656. The molecule has 2 aromatic carbocycles. The minimum Gasteiger partial charge on any atom is -0.508 e. The summed E-state index contributed by atoms with van der Waals surface area (Å²) in [6, 6.07) is 8.19. The van der Waals surface area contributed by atoms with Gasteiger partial charge in [0.05, 0.1) is 14.2 Å². The third-order valence-corrected chi connectivity index (χ3v) is 2.52. The molecule has 2 rings (SSSR count). The second-order valence-electron chi connectivity index (χ2n) is 3.89. The van der Waals surface area contributed by atoms with Gasteiger partial charge in [-0.05, 0) is 34.6 Å². The molecule has 0 amide bonds. The monoisotopic (exact) mass is 306 g/mol. The van der Waals surface area contributed by atoms with E-state index in [0.717, 1.165) is 0 Å². The summed E-state index contributed by atoms with van der Waals surface area (Å²) in [6.07, 6.45) is 0. The van der Waals surface area contributed by atoms with Gasteiger partial charge in [-0.25, -0.2) is 0 Å². The van der Waals surface area contributed by atoms with Crippen LogP contribution in [-0.4, -0.2) is 24.4 Å². The van der Waals surface area contributed by atoms with E-state index in [4.69, 9.17) is 19.7 Å². The Balaban J connectivity index is 0.000000220. The molecule has 22 heavy (non-hydrogen) atoms. The molecule has 0 atom stereocenters. The predicted molar refractivity (Wildman–Crippen MR) is 80.2 cm³/mol. The fraction of sp³-hybridized carbons (Fsp3) is 0.143. The van der Waals surface area contributed by atoms with Gasteiger partial charge in [-0.2, -0.15) is 0 Å². The lowest BCUT2D eigenvalue weighted by Gasteiger charge is -2.00. The first kappa shape index (κ1) is 16.9. The summed E-state index contributed by atoms with van der Waals surface area (Å²) in [5.41, 5.74) is 0.371. The largest absolute Gasteiger partial charge is 0.508 e. The predicted octanol–water partition coefficient (Wildman–Crippen LogP) is 3.60. The summed E-state index contributed by atoms with van der Waals surface area (Å²) >= 11 is 0. The molecule has 0 radical (unpaired) electrons. The number of nitrogens with zero attached hydrogens (tertiary/aromatic N) is 2. The van der Waals surface area contributed by atoms with E-state index in [9.17, 15) is 9.81 Å². The van der Waals surface area contributed by atoms with Gasteiger partial charge in [0.2, 0.25) is 0 Å². The second kappa shape index (κ2) is 8.20. The van der Waals surface area contributed by atoms with Gasteiger partial charge in [-0.15, -0.1) is 9.81 Å². The number of aromatic hydroxyl groups is 2. The highest BCUT2D eigenvalue weighted by Crippen LogP contribution is 2.31. The van der Waals surface area contributed by atoms with E-state index in [1.165, 1.54) is 50.6 Å². The number of hydrogen-bond acceptors (Lipinski definition) is 8. The fourth-order valence-corrected chi connectivity index (χ4v) is 1.48. The first-order valence-corrected chi connectivity index (χ1v) is 5.96. The number of hydrogen-bond donors (Lipinski definition) is 2. The summed E-state index contributed by atoms with van der Waals surface area (Å²) < 4.78 is 9.53. The lowest BCUT2D eigenvalue weighted by molar-refractivity contribution is 0.408. The molecule has 0 heterocycles. The van der Waals surface area contributed by atoms with E-state index >= 15 is 0 Å². The molecule has 0 spiro atoms. The standard InChI is InChI=1S/2C7H7NO3/c2*1-11-7-4-5(9)2-3-6(7)8-10/h2*2-4,9H,1H3. The molecule has 8 nitrogen and oxygen atoms in total. The maximum absolute atomic E-state index is 10.1. The van der Waals surface area contributed by atoms with E-state index < -0.39 is 0 Å². The van der Waals surface area contributed by atoms with Crippen LogP contribution in [0.4, 0.5) is 11.4 Å². The number of phenols is 2. The molecule has 0 aromatic heterocycles. The number of rotatable bonds is 4. The summed E-state index contributed by atoms with van der Waals surface area (Å²) in [4.78, 5) is 20.2.